The Hall–Kier alpha value is -2.24. The normalized spacial score (nSPS) is 9.79. The fourth-order valence-corrected chi connectivity index (χ4v) is 1.27. The molecule has 1 aromatic rings. The molecular weight excluding hydrogens is 256 g/mol. The molecule has 0 aliphatic rings. The number of benzene rings is 1. The second-order valence-corrected chi connectivity index (χ2v) is 3.60. The maximum atomic E-state index is 13.2. The molecule has 0 fully saturated rings. The minimum absolute atomic E-state index is 0.00558. The second kappa shape index (κ2) is 7.25. The summed E-state index contributed by atoms with van der Waals surface area (Å²) in [5.41, 5.74) is -0.277. The lowest BCUT2D eigenvalue weighted by molar-refractivity contribution is -0.142. The number of ether oxygens (including phenoxy) is 1. The molecule has 0 unspecified atom stereocenters. The van der Waals surface area contributed by atoms with Crippen LogP contribution in [0.4, 0.5) is 8.78 Å². The molecule has 0 spiro atoms. The second-order valence-electron chi connectivity index (χ2n) is 3.60. The largest absolute Gasteiger partial charge is 0.461 e. The Balaban J connectivity index is 2.43. The minimum atomic E-state index is -0.952. The summed E-state index contributed by atoms with van der Waals surface area (Å²) < 4.78 is 30.6. The summed E-state index contributed by atoms with van der Waals surface area (Å²) in [6.45, 7) is 3.48. The molecule has 0 heterocycles. The van der Waals surface area contributed by atoms with Gasteiger partial charge in [-0.3, -0.25) is 9.59 Å². The van der Waals surface area contributed by atoms with E-state index < -0.39 is 23.5 Å². The van der Waals surface area contributed by atoms with E-state index in [9.17, 15) is 18.4 Å². The van der Waals surface area contributed by atoms with E-state index in [0.29, 0.717) is 6.07 Å². The van der Waals surface area contributed by atoms with Crippen molar-refractivity contribution in [3.8, 4) is 0 Å². The molecule has 102 valence electrons. The summed E-state index contributed by atoms with van der Waals surface area (Å²) in [4.78, 5) is 22.6. The molecule has 0 saturated heterocycles. The van der Waals surface area contributed by atoms with Crippen molar-refractivity contribution in [3.63, 3.8) is 0 Å². The van der Waals surface area contributed by atoms with Gasteiger partial charge in [-0.25, -0.2) is 8.78 Å². The van der Waals surface area contributed by atoms with Gasteiger partial charge in [-0.05, 0) is 12.1 Å². The standard InChI is InChI=1S/C13H13F2NO3/c1-2-7-19-12(17)5-6-16-13(18)10-4-3-9(14)8-11(10)15/h2-4,8H,1,5-7H2,(H,16,18). The van der Waals surface area contributed by atoms with Gasteiger partial charge >= 0.3 is 5.97 Å². The summed E-state index contributed by atoms with van der Waals surface area (Å²) in [5, 5.41) is 2.34. The Labute approximate surface area is 109 Å². The summed E-state index contributed by atoms with van der Waals surface area (Å²) in [5.74, 6) is -2.93. The van der Waals surface area contributed by atoms with Crippen molar-refractivity contribution >= 4 is 11.9 Å². The third-order valence-corrected chi connectivity index (χ3v) is 2.15. The van der Waals surface area contributed by atoms with Gasteiger partial charge in [-0.15, -0.1) is 0 Å². The van der Waals surface area contributed by atoms with E-state index in [1.165, 1.54) is 6.08 Å². The quantitative estimate of drug-likeness (QED) is 0.633. The predicted molar refractivity (Wildman–Crippen MR) is 64.5 cm³/mol. The van der Waals surface area contributed by atoms with Crippen LogP contribution in [0.25, 0.3) is 0 Å². The van der Waals surface area contributed by atoms with Gasteiger partial charge in [0.2, 0.25) is 0 Å². The number of esters is 1. The van der Waals surface area contributed by atoms with Crippen LogP contribution in [0.2, 0.25) is 0 Å². The van der Waals surface area contributed by atoms with Crippen LogP contribution >= 0.6 is 0 Å². The van der Waals surface area contributed by atoms with Gasteiger partial charge in [0, 0.05) is 12.6 Å². The zero-order valence-corrected chi connectivity index (χ0v) is 10.1. The minimum Gasteiger partial charge on any atom is -0.461 e. The van der Waals surface area contributed by atoms with Gasteiger partial charge in [-0.1, -0.05) is 12.7 Å². The third kappa shape index (κ3) is 4.87. The molecule has 0 aliphatic carbocycles. The van der Waals surface area contributed by atoms with Crippen molar-refractivity contribution in [2.75, 3.05) is 13.2 Å². The molecule has 1 amide bonds. The zero-order valence-electron chi connectivity index (χ0n) is 10.1. The average molecular weight is 269 g/mol. The third-order valence-electron chi connectivity index (χ3n) is 2.15. The molecule has 0 radical (unpaired) electrons. The van der Waals surface area contributed by atoms with Crippen LogP contribution in [-0.2, 0) is 9.53 Å². The summed E-state index contributed by atoms with van der Waals surface area (Å²) in [6.07, 6.45) is 1.38. The van der Waals surface area contributed by atoms with E-state index in [2.05, 4.69) is 16.6 Å². The first-order valence-corrected chi connectivity index (χ1v) is 5.54. The van der Waals surface area contributed by atoms with E-state index in [4.69, 9.17) is 0 Å². The Morgan fingerprint density at radius 1 is 1.37 bits per heavy atom. The fourth-order valence-electron chi connectivity index (χ4n) is 1.27. The summed E-state index contributed by atoms with van der Waals surface area (Å²) in [7, 11) is 0. The highest BCUT2D eigenvalue weighted by Gasteiger charge is 2.12. The summed E-state index contributed by atoms with van der Waals surface area (Å²) >= 11 is 0. The molecule has 0 aromatic heterocycles. The van der Waals surface area contributed by atoms with Crippen LogP contribution in [-0.4, -0.2) is 25.0 Å². The van der Waals surface area contributed by atoms with E-state index in [1.54, 1.807) is 0 Å². The Bertz CT molecular complexity index is 489. The first kappa shape index (κ1) is 14.8. The van der Waals surface area contributed by atoms with Gasteiger partial charge in [0.1, 0.15) is 18.2 Å². The molecule has 0 saturated carbocycles. The fraction of sp³-hybridized carbons (Fsp3) is 0.231. The first-order chi connectivity index (χ1) is 9.04. The van der Waals surface area contributed by atoms with Crippen molar-refractivity contribution in [1.29, 1.82) is 0 Å². The maximum absolute atomic E-state index is 13.2. The Kier molecular flexibility index (Phi) is 5.66. The van der Waals surface area contributed by atoms with E-state index in [1.807, 2.05) is 0 Å². The van der Waals surface area contributed by atoms with E-state index in [0.717, 1.165) is 12.1 Å². The Morgan fingerprint density at radius 3 is 2.74 bits per heavy atom. The van der Waals surface area contributed by atoms with Crippen molar-refractivity contribution < 1.29 is 23.1 Å². The Morgan fingerprint density at radius 2 is 2.11 bits per heavy atom. The highest BCUT2D eigenvalue weighted by Crippen LogP contribution is 2.09. The number of carbonyl (C=O) groups is 2. The highest BCUT2D eigenvalue weighted by atomic mass is 19.1. The smallest absolute Gasteiger partial charge is 0.307 e. The maximum Gasteiger partial charge on any atom is 0.307 e. The van der Waals surface area contributed by atoms with Gasteiger partial charge in [0.15, 0.2) is 0 Å². The van der Waals surface area contributed by atoms with Gasteiger partial charge in [0.25, 0.3) is 5.91 Å². The average Bonchev–Trinajstić information content (AvgIpc) is 2.36. The number of carbonyl (C=O) groups excluding carboxylic acids is 2. The number of halogens is 2. The first-order valence-electron chi connectivity index (χ1n) is 5.54. The molecule has 6 heteroatoms. The van der Waals surface area contributed by atoms with Crippen LogP contribution in [0, 0.1) is 11.6 Å². The van der Waals surface area contributed by atoms with Crippen LogP contribution < -0.4 is 5.32 Å². The molecule has 0 aliphatic heterocycles. The molecule has 19 heavy (non-hydrogen) atoms. The van der Waals surface area contributed by atoms with E-state index in [-0.39, 0.29) is 25.1 Å². The number of rotatable bonds is 6. The van der Waals surface area contributed by atoms with Crippen LogP contribution in [0.1, 0.15) is 16.8 Å². The lowest BCUT2D eigenvalue weighted by Crippen LogP contribution is -2.27. The molecular formula is C13H13F2NO3. The van der Waals surface area contributed by atoms with Crippen molar-refractivity contribution in [2.24, 2.45) is 0 Å². The molecule has 0 atom stereocenters. The van der Waals surface area contributed by atoms with Crippen LogP contribution in [0.15, 0.2) is 30.9 Å². The predicted octanol–water partition coefficient (Wildman–Crippen LogP) is 1.81. The zero-order chi connectivity index (χ0) is 14.3. The number of hydrogen-bond donors (Lipinski definition) is 1. The molecule has 1 N–H and O–H groups in total. The highest BCUT2D eigenvalue weighted by molar-refractivity contribution is 5.94. The van der Waals surface area contributed by atoms with Gasteiger partial charge in [-0.2, -0.15) is 0 Å². The molecule has 1 rings (SSSR count). The SMILES string of the molecule is C=CCOC(=O)CCNC(=O)c1ccc(F)cc1F. The van der Waals surface area contributed by atoms with Crippen LogP contribution in [0.5, 0.6) is 0 Å². The topological polar surface area (TPSA) is 55.4 Å². The van der Waals surface area contributed by atoms with Gasteiger partial charge in [0.05, 0.1) is 12.0 Å². The lowest BCUT2D eigenvalue weighted by atomic mass is 10.2. The van der Waals surface area contributed by atoms with Crippen molar-refractivity contribution in [3.05, 3.63) is 48.1 Å². The monoisotopic (exact) mass is 269 g/mol. The van der Waals surface area contributed by atoms with E-state index >= 15 is 0 Å². The van der Waals surface area contributed by atoms with Gasteiger partial charge < -0.3 is 10.1 Å². The summed E-state index contributed by atoms with van der Waals surface area (Å²) in [6, 6.07) is 2.64. The number of hydrogen-bond acceptors (Lipinski definition) is 3. The number of nitrogens with one attached hydrogen (secondary N) is 1. The molecule has 1 aromatic carbocycles. The van der Waals surface area contributed by atoms with Crippen LogP contribution in [0.3, 0.4) is 0 Å². The molecule has 0 bridgehead atoms. The number of amides is 1. The van der Waals surface area contributed by atoms with Crippen molar-refractivity contribution in [2.45, 2.75) is 6.42 Å². The van der Waals surface area contributed by atoms with Crippen molar-refractivity contribution in [1.82, 2.24) is 5.32 Å². The molecule has 4 nitrogen and oxygen atoms in total. The lowest BCUT2D eigenvalue weighted by Gasteiger charge is -2.06.